The summed E-state index contributed by atoms with van der Waals surface area (Å²) in [6.45, 7) is 3.19. The van der Waals surface area contributed by atoms with Gasteiger partial charge in [0.15, 0.2) is 5.82 Å². The molecule has 1 aliphatic heterocycles. The van der Waals surface area contributed by atoms with E-state index in [9.17, 15) is 0 Å². The number of hydrazine groups is 1. The van der Waals surface area contributed by atoms with Crippen LogP contribution in [0.25, 0.3) is 11.4 Å². The lowest BCUT2D eigenvalue weighted by molar-refractivity contribution is 0.314. The minimum atomic E-state index is 0.484. The number of hydrogen-bond acceptors (Lipinski definition) is 6. The summed E-state index contributed by atoms with van der Waals surface area (Å²) in [5, 5.41) is 3.66. The maximum atomic E-state index is 4.75. The molecule has 1 saturated carbocycles. The Bertz CT molecular complexity index is 689. The molecular weight excluding hydrogens is 300 g/mol. The number of rotatable bonds is 4. The number of nitrogens with zero attached hydrogens (tertiary/aromatic N) is 3. The molecule has 6 nitrogen and oxygen atoms in total. The van der Waals surface area contributed by atoms with Crippen LogP contribution in [0.15, 0.2) is 30.6 Å². The van der Waals surface area contributed by atoms with Crippen molar-refractivity contribution in [2.75, 3.05) is 11.9 Å². The van der Waals surface area contributed by atoms with E-state index in [4.69, 9.17) is 4.98 Å². The SMILES string of the molecule is CCc1cc(NC2CCC3NNCC3C2)nc(-c2ccncc2)n1. The van der Waals surface area contributed by atoms with Crippen molar-refractivity contribution in [3.8, 4) is 11.4 Å². The Labute approximate surface area is 142 Å². The van der Waals surface area contributed by atoms with Gasteiger partial charge < -0.3 is 5.32 Å². The van der Waals surface area contributed by atoms with Crippen molar-refractivity contribution >= 4 is 5.82 Å². The number of pyridine rings is 1. The van der Waals surface area contributed by atoms with E-state index in [-0.39, 0.29) is 0 Å². The zero-order valence-corrected chi connectivity index (χ0v) is 14.0. The van der Waals surface area contributed by atoms with Gasteiger partial charge in [-0.1, -0.05) is 6.92 Å². The van der Waals surface area contributed by atoms with Crippen LogP contribution in [0.5, 0.6) is 0 Å². The average Bonchev–Trinajstić information content (AvgIpc) is 3.10. The predicted molar refractivity (Wildman–Crippen MR) is 94.3 cm³/mol. The van der Waals surface area contributed by atoms with Crippen LogP contribution < -0.4 is 16.2 Å². The molecule has 1 saturated heterocycles. The molecule has 2 aromatic rings. The first-order valence-electron chi connectivity index (χ1n) is 8.85. The smallest absolute Gasteiger partial charge is 0.161 e. The number of aromatic nitrogens is 3. The molecule has 3 unspecified atom stereocenters. The number of fused-ring (bicyclic) bond motifs is 1. The maximum Gasteiger partial charge on any atom is 0.161 e. The molecule has 2 aliphatic rings. The topological polar surface area (TPSA) is 74.8 Å². The molecule has 0 radical (unpaired) electrons. The Balaban J connectivity index is 1.54. The summed E-state index contributed by atoms with van der Waals surface area (Å²) in [6.07, 6.45) is 8.03. The molecule has 0 aromatic carbocycles. The van der Waals surface area contributed by atoms with Crippen LogP contribution in [-0.4, -0.2) is 33.6 Å². The van der Waals surface area contributed by atoms with Crippen LogP contribution in [0.4, 0.5) is 5.82 Å². The third-order valence-electron chi connectivity index (χ3n) is 5.07. The molecular formula is C18H24N6. The highest BCUT2D eigenvalue weighted by atomic mass is 15.4. The van der Waals surface area contributed by atoms with Crippen molar-refractivity contribution in [1.82, 2.24) is 25.8 Å². The van der Waals surface area contributed by atoms with Crippen LogP contribution in [0.1, 0.15) is 31.9 Å². The minimum absolute atomic E-state index is 0.484. The van der Waals surface area contributed by atoms with Crippen molar-refractivity contribution < 1.29 is 0 Å². The van der Waals surface area contributed by atoms with E-state index in [1.54, 1.807) is 12.4 Å². The fourth-order valence-electron chi connectivity index (χ4n) is 3.72. The number of aryl methyl sites for hydroxylation is 1. The molecule has 126 valence electrons. The Kier molecular flexibility index (Phi) is 4.40. The van der Waals surface area contributed by atoms with Gasteiger partial charge in [0.05, 0.1) is 0 Å². The molecule has 3 atom stereocenters. The minimum Gasteiger partial charge on any atom is -0.367 e. The highest BCUT2D eigenvalue weighted by molar-refractivity contribution is 5.57. The second-order valence-electron chi connectivity index (χ2n) is 6.70. The monoisotopic (exact) mass is 324 g/mol. The summed E-state index contributed by atoms with van der Waals surface area (Å²) in [6, 6.07) is 7.12. The van der Waals surface area contributed by atoms with Gasteiger partial charge in [-0.15, -0.1) is 0 Å². The van der Waals surface area contributed by atoms with E-state index >= 15 is 0 Å². The van der Waals surface area contributed by atoms with Crippen LogP contribution in [0.3, 0.4) is 0 Å². The van der Waals surface area contributed by atoms with Gasteiger partial charge in [0.25, 0.3) is 0 Å². The Morgan fingerprint density at radius 3 is 2.92 bits per heavy atom. The van der Waals surface area contributed by atoms with Crippen LogP contribution in [0, 0.1) is 5.92 Å². The molecule has 24 heavy (non-hydrogen) atoms. The Hall–Kier alpha value is -2.05. The van der Waals surface area contributed by atoms with Gasteiger partial charge in [-0.05, 0) is 43.7 Å². The summed E-state index contributed by atoms with van der Waals surface area (Å²) in [5.41, 5.74) is 8.75. The highest BCUT2D eigenvalue weighted by Gasteiger charge is 2.33. The summed E-state index contributed by atoms with van der Waals surface area (Å²) >= 11 is 0. The van der Waals surface area contributed by atoms with Gasteiger partial charge >= 0.3 is 0 Å². The highest BCUT2D eigenvalue weighted by Crippen LogP contribution is 2.29. The normalized spacial score (nSPS) is 26.1. The standard InChI is InChI=1S/C18H24N6/c1-2-14-10-17(23-18(22-14)12-5-7-19-8-6-12)21-15-3-4-16-13(9-15)11-20-24-16/h5-8,10,13,15-16,20,24H,2-4,9,11H2,1H3,(H,21,22,23). The van der Waals surface area contributed by atoms with E-state index < -0.39 is 0 Å². The van der Waals surface area contributed by atoms with E-state index in [1.807, 2.05) is 12.1 Å². The Morgan fingerprint density at radius 2 is 2.08 bits per heavy atom. The van der Waals surface area contributed by atoms with Gasteiger partial charge in [-0.2, -0.15) is 0 Å². The average molecular weight is 324 g/mol. The van der Waals surface area contributed by atoms with Crippen LogP contribution in [-0.2, 0) is 6.42 Å². The molecule has 0 spiro atoms. The van der Waals surface area contributed by atoms with Crippen molar-refractivity contribution in [3.05, 3.63) is 36.3 Å². The van der Waals surface area contributed by atoms with Crippen molar-refractivity contribution in [1.29, 1.82) is 0 Å². The fourth-order valence-corrected chi connectivity index (χ4v) is 3.72. The van der Waals surface area contributed by atoms with E-state index in [0.717, 1.165) is 35.9 Å². The third-order valence-corrected chi connectivity index (χ3v) is 5.07. The second kappa shape index (κ2) is 6.83. The molecule has 0 bridgehead atoms. The molecule has 0 amide bonds. The summed E-state index contributed by atoms with van der Waals surface area (Å²) in [7, 11) is 0. The summed E-state index contributed by atoms with van der Waals surface area (Å²) < 4.78 is 0. The van der Waals surface area contributed by atoms with Crippen LogP contribution >= 0.6 is 0 Å². The molecule has 1 aliphatic carbocycles. The fraction of sp³-hybridized carbons (Fsp3) is 0.500. The van der Waals surface area contributed by atoms with E-state index in [2.05, 4.69) is 39.1 Å². The molecule has 4 rings (SSSR count). The molecule has 3 N–H and O–H groups in total. The largest absolute Gasteiger partial charge is 0.367 e. The number of anilines is 1. The van der Waals surface area contributed by atoms with Gasteiger partial charge in [-0.3, -0.25) is 15.8 Å². The lowest BCUT2D eigenvalue weighted by atomic mass is 9.83. The van der Waals surface area contributed by atoms with Gasteiger partial charge in [0.2, 0.25) is 0 Å². The molecule has 3 heterocycles. The summed E-state index contributed by atoms with van der Waals surface area (Å²) in [4.78, 5) is 13.5. The molecule has 6 heteroatoms. The van der Waals surface area contributed by atoms with Gasteiger partial charge in [0.1, 0.15) is 5.82 Å². The zero-order chi connectivity index (χ0) is 16.4. The lowest BCUT2D eigenvalue weighted by Crippen LogP contribution is -2.39. The first-order chi connectivity index (χ1) is 11.8. The van der Waals surface area contributed by atoms with E-state index in [1.165, 1.54) is 19.3 Å². The molecule has 2 fully saturated rings. The lowest BCUT2D eigenvalue weighted by Gasteiger charge is -2.31. The maximum absolute atomic E-state index is 4.75. The molecule has 2 aromatic heterocycles. The predicted octanol–water partition coefficient (Wildman–Crippen LogP) is 2.16. The van der Waals surface area contributed by atoms with Crippen molar-refractivity contribution in [2.24, 2.45) is 5.92 Å². The Morgan fingerprint density at radius 1 is 1.21 bits per heavy atom. The van der Waals surface area contributed by atoms with E-state index in [0.29, 0.717) is 18.0 Å². The van der Waals surface area contributed by atoms with Crippen molar-refractivity contribution in [3.63, 3.8) is 0 Å². The van der Waals surface area contributed by atoms with Gasteiger partial charge in [-0.25, -0.2) is 9.97 Å². The number of nitrogens with one attached hydrogen (secondary N) is 3. The quantitative estimate of drug-likeness (QED) is 0.800. The first-order valence-corrected chi connectivity index (χ1v) is 8.85. The summed E-state index contributed by atoms with van der Waals surface area (Å²) in [5.74, 6) is 2.43. The van der Waals surface area contributed by atoms with Crippen LogP contribution in [0.2, 0.25) is 0 Å². The number of hydrogen-bond donors (Lipinski definition) is 3. The first kappa shape index (κ1) is 15.5. The second-order valence-corrected chi connectivity index (χ2v) is 6.70. The third kappa shape index (κ3) is 3.25. The van der Waals surface area contributed by atoms with Crippen molar-refractivity contribution in [2.45, 2.75) is 44.7 Å². The van der Waals surface area contributed by atoms with Gasteiger partial charge in [0, 0.05) is 48.3 Å². The zero-order valence-electron chi connectivity index (χ0n) is 14.0.